The summed E-state index contributed by atoms with van der Waals surface area (Å²) in [4.78, 5) is 23.2. The van der Waals surface area contributed by atoms with Gasteiger partial charge in [-0.2, -0.15) is 0 Å². The van der Waals surface area contributed by atoms with Crippen molar-refractivity contribution in [2.75, 3.05) is 18.1 Å². The largest absolute Gasteiger partial charge is 0.395 e. The summed E-state index contributed by atoms with van der Waals surface area (Å²) in [6.45, 7) is -0.0494. The van der Waals surface area contributed by atoms with Crippen molar-refractivity contribution in [1.82, 2.24) is 0 Å². The summed E-state index contributed by atoms with van der Waals surface area (Å²) in [5.74, 6) is -0.352. The maximum atomic E-state index is 11.8. The average Bonchev–Trinajstić information content (AvgIpc) is 2.54. The number of hydrogen-bond donors (Lipinski definition) is 2. The number of anilines is 1. The van der Waals surface area contributed by atoms with Crippen molar-refractivity contribution in [1.29, 1.82) is 0 Å². The number of benzene rings is 1. The summed E-state index contributed by atoms with van der Waals surface area (Å²) in [5, 5.41) is 19.5. The molecule has 1 unspecified atom stereocenters. The van der Waals surface area contributed by atoms with Crippen LogP contribution in [-0.2, 0) is 4.79 Å². The van der Waals surface area contributed by atoms with Crippen LogP contribution in [0.25, 0.3) is 0 Å². The molecule has 1 heterocycles. The second-order valence-corrected chi connectivity index (χ2v) is 3.69. The smallest absolute Gasteiger partial charge is 0.269 e. The van der Waals surface area contributed by atoms with Gasteiger partial charge in [-0.25, -0.2) is 0 Å². The molecule has 0 aromatic heterocycles. The summed E-state index contributed by atoms with van der Waals surface area (Å²) in [7, 11) is 0. The second-order valence-electron chi connectivity index (χ2n) is 3.69. The number of β-amino-alcohol motifs (C(OH)–C–C–N with tert-alkyl or cyclic N) is 1. The van der Waals surface area contributed by atoms with Gasteiger partial charge in [0.25, 0.3) is 5.69 Å². The standard InChI is InChI=1S/C10H11N3O4/c11-9-7-5-6(13(16)17)1-2-8(7)12(3-4-14)10(9)15/h1-2,5,9,14H,3-4,11H2. The Hall–Kier alpha value is -1.99. The lowest BCUT2D eigenvalue weighted by Gasteiger charge is -2.15. The maximum Gasteiger partial charge on any atom is 0.269 e. The van der Waals surface area contributed by atoms with Crippen molar-refractivity contribution in [3.8, 4) is 0 Å². The first kappa shape index (κ1) is 11.5. The lowest BCUT2D eigenvalue weighted by molar-refractivity contribution is -0.384. The van der Waals surface area contributed by atoms with E-state index in [9.17, 15) is 14.9 Å². The van der Waals surface area contributed by atoms with Crippen LogP contribution in [0.1, 0.15) is 11.6 Å². The number of hydrogen-bond acceptors (Lipinski definition) is 5. The van der Waals surface area contributed by atoms with Crippen LogP contribution in [0.15, 0.2) is 18.2 Å². The molecule has 90 valence electrons. The van der Waals surface area contributed by atoms with Gasteiger partial charge in [0.05, 0.1) is 11.5 Å². The first-order valence-corrected chi connectivity index (χ1v) is 5.02. The Morgan fingerprint density at radius 3 is 2.82 bits per heavy atom. The molecule has 0 aliphatic carbocycles. The Balaban J connectivity index is 2.47. The number of fused-ring (bicyclic) bond motifs is 1. The Morgan fingerprint density at radius 2 is 2.24 bits per heavy atom. The van der Waals surface area contributed by atoms with Crippen LogP contribution in [0.4, 0.5) is 11.4 Å². The molecular formula is C10H11N3O4. The summed E-state index contributed by atoms with van der Waals surface area (Å²) in [5.41, 5.74) is 6.54. The first-order valence-electron chi connectivity index (χ1n) is 5.02. The van der Waals surface area contributed by atoms with E-state index in [2.05, 4.69) is 0 Å². The van der Waals surface area contributed by atoms with Crippen molar-refractivity contribution < 1.29 is 14.8 Å². The van der Waals surface area contributed by atoms with Gasteiger partial charge in [0.1, 0.15) is 6.04 Å². The third-order valence-corrected chi connectivity index (χ3v) is 2.70. The highest BCUT2D eigenvalue weighted by molar-refractivity contribution is 6.04. The Labute approximate surface area is 96.6 Å². The number of rotatable bonds is 3. The van der Waals surface area contributed by atoms with Crippen LogP contribution in [0.5, 0.6) is 0 Å². The van der Waals surface area contributed by atoms with Gasteiger partial charge >= 0.3 is 0 Å². The van der Waals surface area contributed by atoms with Gasteiger partial charge in [-0.1, -0.05) is 0 Å². The fourth-order valence-corrected chi connectivity index (χ4v) is 1.90. The Morgan fingerprint density at radius 1 is 1.53 bits per heavy atom. The number of nitrogens with zero attached hydrogens (tertiary/aromatic N) is 2. The molecule has 0 saturated heterocycles. The first-order chi connectivity index (χ1) is 8.06. The zero-order chi connectivity index (χ0) is 12.6. The van der Waals surface area contributed by atoms with Crippen molar-refractivity contribution in [3.05, 3.63) is 33.9 Å². The fraction of sp³-hybridized carbons (Fsp3) is 0.300. The minimum Gasteiger partial charge on any atom is -0.395 e. The maximum absolute atomic E-state index is 11.8. The second kappa shape index (κ2) is 4.11. The summed E-state index contributed by atoms with van der Waals surface area (Å²) in [6, 6.07) is 3.20. The predicted octanol–water partition coefficient (Wildman–Crippen LogP) is -0.0665. The van der Waals surface area contributed by atoms with Gasteiger partial charge in [0.15, 0.2) is 0 Å². The third-order valence-electron chi connectivity index (χ3n) is 2.70. The summed E-state index contributed by atoms with van der Waals surface area (Å²) >= 11 is 0. The van der Waals surface area contributed by atoms with Crippen molar-refractivity contribution in [2.24, 2.45) is 5.73 Å². The molecule has 3 N–H and O–H groups in total. The molecule has 1 amide bonds. The van der Waals surface area contributed by atoms with Gasteiger partial charge in [0.2, 0.25) is 5.91 Å². The Kier molecular flexibility index (Phi) is 2.78. The van der Waals surface area contributed by atoms with Gasteiger partial charge in [-0.15, -0.1) is 0 Å². The molecule has 0 spiro atoms. The number of amides is 1. The molecular weight excluding hydrogens is 226 g/mol. The highest BCUT2D eigenvalue weighted by Gasteiger charge is 2.35. The SMILES string of the molecule is NC1C(=O)N(CCO)c2ccc([N+](=O)[O-])cc21. The normalized spacial score (nSPS) is 18.4. The fourth-order valence-electron chi connectivity index (χ4n) is 1.90. The predicted molar refractivity (Wildman–Crippen MR) is 59.5 cm³/mol. The Bertz CT molecular complexity index is 488. The van der Waals surface area contributed by atoms with Crippen molar-refractivity contribution >= 4 is 17.3 Å². The topological polar surface area (TPSA) is 110 Å². The van der Waals surface area contributed by atoms with Crippen LogP contribution >= 0.6 is 0 Å². The number of non-ortho nitro benzene ring substituents is 1. The third kappa shape index (κ3) is 1.75. The molecule has 1 aliphatic heterocycles. The molecule has 17 heavy (non-hydrogen) atoms. The van der Waals surface area contributed by atoms with Crippen molar-refractivity contribution in [2.45, 2.75) is 6.04 Å². The molecule has 0 bridgehead atoms. The van der Waals surface area contributed by atoms with E-state index in [1.807, 2.05) is 0 Å². The van der Waals surface area contributed by atoms with Crippen LogP contribution in [-0.4, -0.2) is 29.1 Å². The summed E-state index contributed by atoms with van der Waals surface area (Å²) in [6.07, 6.45) is 0. The van der Waals surface area contributed by atoms with Crippen LogP contribution in [0.3, 0.4) is 0 Å². The number of nitro benzene ring substituents is 1. The molecule has 2 rings (SSSR count). The molecule has 7 nitrogen and oxygen atoms in total. The molecule has 1 aliphatic rings. The monoisotopic (exact) mass is 237 g/mol. The van der Waals surface area contributed by atoms with E-state index < -0.39 is 11.0 Å². The number of nitrogens with two attached hydrogens (primary N) is 1. The highest BCUT2D eigenvalue weighted by Crippen LogP contribution is 2.36. The molecule has 1 atom stereocenters. The highest BCUT2D eigenvalue weighted by atomic mass is 16.6. The minimum absolute atomic E-state index is 0.0992. The lowest BCUT2D eigenvalue weighted by Crippen LogP contribution is -2.33. The van der Waals surface area contributed by atoms with E-state index in [0.29, 0.717) is 11.3 Å². The number of aliphatic hydroxyl groups is 1. The zero-order valence-corrected chi connectivity index (χ0v) is 8.87. The van der Waals surface area contributed by atoms with E-state index in [1.165, 1.54) is 23.1 Å². The molecule has 0 radical (unpaired) electrons. The average molecular weight is 237 g/mol. The molecule has 1 aromatic rings. The quantitative estimate of drug-likeness (QED) is 0.565. The number of aliphatic hydroxyl groups excluding tert-OH is 1. The van der Waals surface area contributed by atoms with Crippen molar-refractivity contribution in [3.63, 3.8) is 0 Å². The molecule has 1 aromatic carbocycles. The molecule has 0 fully saturated rings. The lowest BCUT2D eigenvalue weighted by atomic mass is 10.1. The molecule has 0 saturated carbocycles. The van der Waals surface area contributed by atoms with Crippen LogP contribution < -0.4 is 10.6 Å². The zero-order valence-electron chi connectivity index (χ0n) is 8.87. The van der Waals surface area contributed by atoms with E-state index in [0.717, 1.165) is 0 Å². The van der Waals surface area contributed by atoms with Gasteiger partial charge in [-0.3, -0.25) is 14.9 Å². The van der Waals surface area contributed by atoms with Crippen LogP contribution in [0, 0.1) is 10.1 Å². The van der Waals surface area contributed by atoms with E-state index in [1.54, 1.807) is 0 Å². The van der Waals surface area contributed by atoms with E-state index >= 15 is 0 Å². The number of carbonyl (C=O) groups is 1. The minimum atomic E-state index is -0.892. The van der Waals surface area contributed by atoms with Gasteiger partial charge < -0.3 is 15.7 Å². The van der Waals surface area contributed by atoms with E-state index in [4.69, 9.17) is 10.8 Å². The summed E-state index contributed by atoms with van der Waals surface area (Å²) < 4.78 is 0. The number of nitro groups is 1. The molecule has 7 heteroatoms. The van der Waals surface area contributed by atoms with E-state index in [-0.39, 0.29) is 24.7 Å². The number of carbonyl (C=O) groups excluding carboxylic acids is 1. The van der Waals surface area contributed by atoms with Crippen LogP contribution in [0.2, 0.25) is 0 Å². The van der Waals surface area contributed by atoms with Gasteiger partial charge in [0, 0.05) is 29.9 Å². The van der Waals surface area contributed by atoms with Gasteiger partial charge in [-0.05, 0) is 6.07 Å².